The fraction of sp³-hybridized carbons (Fsp3) is 0.556. The Labute approximate surface area is 72.1 Å². The number of hydrogen-bond donors (Lipinski definition) is 0. The Kier molecular flexibility index (Phi) is 6.93. The lowest BCUT2D eigenvalue weighted by molar-refractivity contribution is 0.275. The Morgan fingerprint density at radius 2 is 2.27 bits per heavy atom. The van der Waals surface area contributed by atoms with Crippen LogP contribution in [-0.4, -0.2) is 17.1 Å². The first-order chi connectivity index (χ1) is 5.35. The van der Waals surface area contributed by atoms with Gasteiger partial charge in [-0.05, 0) is 6.92 Å². The molecule has 1 atom stereocenters. The van der Waals surface area contributed by atoms with Crippen LogP contribution < -0.4 is 0 Å². The van der Waals surface area contributed by atoms with Crippen molar-refractivity contribution in [2.24, 2.45) is 5.92 Å². The van der Waals surface area contributed by atoms with Crippen molar-refractivity contribution in [3.8, 4) is 24.2 Å². The van der Waals surface area contributed by atoms with Crippen molar-refractivity contribution in [1.29, 1.82) is 0 Å². The molecule has 0 saturated carbocycles. The third kappa shape index (κ3) is 5.73. The van der Waals surface area contributed by atoms with Gasteiger partial charge in [0.1, 0.15) is 10.5 Å². The molecule has 1 unspecified atom stereocenters. The summed E-state index contributed by atoms with van der Waals surface area (Å²) in [4.78, 5) is 0. The smallest absolute Gasteiger partial charge is 0.145 e. The second-order valence-electron chi connectivity index (χ2n) is 2.36. The highest BCUT2D eigenvalue weighted by atomic mass is 28.2. The predicted octanol–water partition coefficient (Wildman–Crippen LogP) is 0.336. The number of terminal acetylenes is 1. The van der Waals surface area contributed by atoms with Crippen molar-refractivity contribution in [3.05, 3.63) is 0 Å². The molecule has 0 radical (unpaired) electrons. The van der Waals surface area contributed by atoms with Crippen LogP contribution in [0.25, 0.3) is 0 Å². The second kappa shape index (κ2) is 7.40. The van der Waals surface area contributed by atoms with Crippen LogP contribution in [0.4, 0.5) is 0 Å². The minimum absolute atomic E-state index is 0.435. The van der Waals surface area contributed by atoms with Gasteiger partial charge in [0.25, 0.3) is 0 Å². The maximum Gasteiger partial charge on any atom is 0.145 e. The molecule has 0 spiro atoms. The monoisotopic (exact) mass is 166 g/mol. The topological polar surface area (TPSA) is 9.23 Å². The van der Waals surface area contributed by atoms with Crippen molar-refractivity contribution in [3.63, 3.8) is 0 Å². The van der Waals surface area contributed by atoms with E-state index in [-0.39, 0.29) is 0 Å². The highest BCUT2D eigenvalue weighted by molar-refractivity contribution is 5.97. The van der Waals surface area contributed by atoms with E-state index in [1.807, 2.05) is 6.92 Å². The average molecular weight is 166 g/mol. The molecule has 0 fully saturated rings. The van der Waals surface area contributed by atoms with Crippen LogP contribution in [0.2, 0.25) is 0 Å². The van der Waals surface area contributed by atoms with E-state index in [1.165, 1.54) is 0 Å². The molecule has 0 bridgehead atoms. The minimum atomic E-state index is 0.435. The van der Waals surface area contributed by atoms with Crippen molar-refractivity contribution in [2.45, 2.75) is 19.8 Å². The predicted molar refractivity (Wildman–Crippen MR) is 50.9 cm³/mol. The van der Waals surface area contributed by atoms with Crippen molar-refractivity contribution in [1.82, 2.24) is 0 Å². The molecular formula is C9H14OSi. The molecule has 0 rings (SSSR count). The zero-order valence-corrected chi connectivity index (χ0v) is 9.18. The lowest BCUT2D eigenvalue weighted by Gasteiger charge is -2.08. The van der Waals surface area contributed by atoms with Gasteiger partial charge in [0.2, 0.25) is 0 Å². The molecular weight excluding hydrogens is 152 g/mol. The van der Waals surface area contributed by atoms with Crippen molar-refractivity contribution in [2.75, 3.05) is 6.61 Å². The molecule has 2 heteroatoms. The van der Waals surface area contributed by atoms with Crippen LogP contribution in [0, 0.1) is 30.1 Å². The highest BCUT2D eigenvalue weighted by Gasteiger charge is 2.03. The summed E-state index contributed by atoms with van der Waals surface area (Å²) in [6, 6.07) is 0. The van der Waals surface area contributed by atoms with Gasteiger partial charge in [-0.1, -0.05) is 0 Å². The molecule has 0 heterocycles. The lowest BCUT2D eigenvalue weighted by Crippen LogP contribution is -2.06. The van der Waals surface area contributed by atoms with Crippen LogP contribution in [-0.2, 0) is 4.43 Å². The molecule has 0 amide bonds. The van der Waals surface area contributed by atoms with Gasteiger partial charge < -0.3 is 4.43 Å². The van der Waals surface area contributed by atoms with Gasteiger partial charge in [-0.2, -0.15) is 0 Å². The number of hydrogen-bond acceptors (Lipinski definition) is 1. The summed E-state index contributed by atoms with van der Waals surface area (Å²) in [5.41, 5.74) is 0. The Balaban J connectivity index is 3.67. The van der Waals surface area contributed by atoms with Crippen LogP contribution >= 0.6 is 0 Å². The van der Waals surface area contributed by atoms with E-state index in [0.717, 1.165) is 29.9 Å². The molecule has 0 aromatic heterocycles. The molecule has 0 aliphatic rings. The Hall–Kier alpha value is -0.703. The van der Waals surface area contributed by atoms with E-state index in [9.17, 15) is 0 Å². The third-order valence-corrected chi connectivity index (χ3v) is 1.71. The zero-order valence-electron chi connectivity index (χ0n) is 7.18. The van der Waals surface area contributed by atoms with Gasteiger partial charge in [-0.3, -0.25) is 0 Å². The average Bonchev–Trinajstić information content (AvgIpc) is 2.01. The molecule has 0 aliphatic carbocycles. The largest absolute Gasteiger partial charge is 0.428 e. The van der Waals surface area contributed by atoms with Crippen molar-refractivity contribution < 1.29 is 4.43 Å². The first-order valence-corrected chi connectivity index (χ1v) is 4.48. The summed E-state index contributed by atoms with van der Waals surface area (Å²) in [6.45, 7) is 2.61. The summed E-state index contributed by atoms with van der Waals surface area (Å²) in [5, 5.41) is 0. The SMILES string of the molecule is C#CCC(CC#CC)CO[SiH3]. The van der Waals surface area contributed by atoms with Gasteiger partial charge in [-0.15, -0.1) is 24.2 Å². The van der Waals surface area contributed by atoms with Gasteiger partial charge >= 0.3 is 0 Å². The summed E-state index contributed by atoms with van der Waals surface area (Å²) >= 11 is 0. The highest BCUT2D eigenvalue weighted by Crippen LogP contribution is 2.06. The molecule has 60 valence electrons. The molecule has 0 saturated heterocycles. The number of rotatable bonds is 4. The molecule has 0 aromatic carbocycles. The molecule has 0 N–H and O–H groups in total. The van der Waals surface area contributed by atoms with E-state index in [4.69, 9.17) is 10.8 Å². The van der Waals surface area contributed by atoms with Crippen LogP contribution in [0.5, 0.6) is 0 Å². The van der Waals surface area contributed by atoms with Gasteiger partial charge in [0.05, 0.1) is 0 Å². The van der Waals surface area contributed by atoms with Gasteiger partial charge in [0.15, 0.2) is 0 Å². The summed E-state index contributed by atoms with van der Waals surface area (Å²) in [5.74, 6) is 8.92. The summed E-state index contributed by atoms with van der Waals surface area (Å²) < 4.78 is 5.13. The zero-order chi connectivity index (χ0) is 8.53. The van der Waals surface area contributed by atoms with Crippen LogP contribution in [0.3, 0.4) is 0 Å². The quantitative estimate of drug-likeness (QED) is 0.432. The van der Waals surface area contributed by atoms with Gasteiger partial charge in [-0.25, -0.2) is 0 Å². The Bertz CT molecular complexity index is 182. The fourth-order valence-electron chi connectivity index (χ4n) is 0.839. The molecule has 0 aromatic rings. The lowest BCUT2D eigenvalue weighted by atomic mass is 10.0. The van der Waals surface area contributed by atoms with E-state index in [0.29, 0.717) is 5.92 Å². The maximum absolute atomic E-state index is 5.19. The summed E-state index contributed by atoms with van der Waals surface area (Å²) in [6.07, 6.45) is 6.83. The normalized spacial score (nSPS) is 11.3. The molecule has 11 heavy (non-hydrogen) atoms. The van der Waals surface area contributed by atoms with E-state index in [2.05, 4.69) is 17.8 Å². The molecule has 0 aliphatic heterocycles. The van der Waals surface area contributed by atoms with E-state index < -0.39 is 0 Å². The van der Waals surface area contributed by atoms with E-state index >= 15 is 0 Å². The fourth-order valence-corrected chi connectivity index (χ4v) is 1.31. The minimum Gasteiger partial charge on any atom is -0.428 e. The third-order valence-electron chi connectivity index (χ3n) is 1.38. The summed E-state index contributed by atoms with van der Waals surface area (Å²) in [7, 11) is 0.786. The first kappa shape index (κ1) is 10.3. The van der Waals surface area contributed by atoms with Crippen molar-refractivity contribution >= 4 is 10.5 Å². The second-order valence-corrected chi connectivity index (χ2v) is 2.94. The van der Waals surface area contributed by atoms with E-state index in [1.54, 1.807) is 0 Å². The van der Waals surface area contributed by atoms with Gasteiger partial charge in [0, 0.05) is 25.4 Å². The molecule has 1 nitrogen and oxygen atoms in total. The first-order valence-electron chi connectivity index (χ1n) is 3.67. The Morgan fingerprint density at radius 3 is 2.73 bits per heavy atom. The van der Waals surface area contributed by atoms with Crippen LogP contribution in [0.1, 0.15) is 19.8 Å². The maximum atomic E-state index is 5.19. The Morgan fingerprint density at radius 1 is 1.55 bits per heavy atom. The standard InChI is InChI=1S/C9H14OSi/c1-3-5-7-9(6-4-2)8-10-11/h2,9H,6-8H2,1,11H3. The van der Waals surface area contributed by atoms with Crippen LogP contribution in [0.15, 0.2) is 0 Å².